The van der Waals surface area contributed by atoms with Crippen molar-refractivity contribution in [3.63, 3.8) is 0 Å². The van der Waals surface area contributed by atoms with E-state index in [2.05, 4.69) is 79.0 Å². The van der Waals surface area contributed by atoms with Gasteiger partial charge in [-0.3, -0.25) is 15.0 Å². The number of benzene rings is 10. The van der Waals surface area contributed by atoms with Gasteiger partial charge < -0.3 is 43.4 Å². The van der Waals surface area contributed by atoms with Crippen LogP contribution in [-0.2, 0) is 26.2 Å². The molecule has 33 heteroatoms. The molecule has 0 aliphatic rings. The lowest BCUT2D eigenvalue weighted by atomic mass is 10.0. The Morgan fingerprint density at radius 3 is 0.963 bits per heavy atom. The maximum atomic E-state index is 14.1. The van der Waals surface area contributed by atoms with Crippen molar-refractivity contribution in [2.24, 2.45) is 0 Å². The molecule has 656 valence electrons. The molecule has 0 amide bonds. The van der Waals surface area contributed by atoms with Gasteiger partial charge in [-0.1, -0.05) is 152 Å². The number of rotatable bonds is 16. The molecule has 12 aromatic heterocycles. The van der Waals surface area contributed by atoms with Gasteiger partial charge in [0.15, 0.2) is 22.6 Å². The van der Waals surface area contributed by atoms with E-state index in [1.807, 2.05) is 178 Å². The number of hydrogen-bond acceptors (Lipinski definition) is 27. The number of hydrogen-bond donors (Lipinski definition) is 8. The molecule has 0 unspecified atom stereocenters. The smallest absolute Gasteiger partial charge is 0.164 e. The summed E-state index contributed by atoms with van der Waals surface area (Å²) < 4.78 is 35.0. The highest BCUT2D eigenvalue weighted by atomic mass is 19.1. The van der Waals surface area contributed by atoms with E-state index in [0.29, 0.717) is 115 Å². The molecule has 0 saturated carbocycles. The van der Waals surface area contributed by atoms with Crippen LogP contribution in [0.3, 0.4) is 0 Å². The summed E-state index contributed by atoms with van der Waals surface area (Å²) in [6, 6.07) is 72.8. The van der Waals surface area contributed by atoms with Crippen LogP contribution in [0.2, 0.25) is 0 Å². The van der Waals surface area contributed by atoms with Crippen molar-refractivity contribution in [2.45, 2.75) is 53.9 Å². The molecule has 31 nitrogen and oxygen atoms in total. The van der Waals surface area contributed by atoms with Crippen LogP contribution in [0.5, 0.6) is 23.0 Å². The van der Waals surface area contributed by atoms with E-state index in [9.17, 15) is 29.2 Å². The Morgan fingerprint density at radius 1 is 0.261 bits per heavy atom. The fourth-order valence-electron chi connectivity index (χ4n) is 16.3. The van der Waals surface area contributed by atoms with Gasteiger partial charge >= 0.3 is 0 Å². The molecular weight excluding hydrogens is 1690 g/mol. The van der Waals surface area contributed by atoms with E-state index in [4.69, 9.17) is 58.2 Å². The highest BCUT2D eigenvalue weighted by Gasteiger charge is 2.27. The number of aryl methyl sites for hydroxylation is 4. The molecule has 0 radical (unpaired) electrons. The van der Waals surface area contributed by atoms with E-state index >= 15 is 0 Å². The molecule has 134 heavy (non-hydrogen) atoms. The summed E-state index contributed by atoms with van der Waals surface area (Å²) in [7, 11) is 0. The first kappa shape index (κ1) is 85.0. The van der Waals surface area contributed by atoms with Crippen molar-refractivity contribution >= 4 is 89.5 Å². The Labute approximate surface area is 761 Å². The second-order valence-corrected chi connectivity index (χ2v) is 31.5. The first-order valence-corrected chi connectivity index (χ1v) is 42.1. The third kappa shape index (κ3) is 17.2. The largest absolute Gasteiger partial charge is 0.508 e. The minimum Gasteiger partial charge on any atom is -0.508 e. The second-order valence-electron chi connectivity index (χ2n) is 31.5. The van der Waals surface area contributed by atoms with Crippen LogP contribution in [0.1, 0.15) is 44.9 Å². The highest BCUT2D eigenvalue weighted by Crippen LogP contribution is 2.41. The molecule has 10 aromatic carbocycles. The Kier molecular flexibility index (Phi) is 23.1. The van der Waals surface area contributed by atoms with Gasteiger partial charge in [-0.05, 0) is 134 Å². The number of phenolic OH excluding ortho intramolecular Hbond substituents is 4. The second kappa shape index (κ2) is 36.4. The van der Waals surface area contributed by atoms with Crippen LogP contribution in [-0.4, -0.2) is 134 Å². The molecule has 12 N–H and O–H groups in total. The van der Waals surface area contributed by atoms with E-state index in [0.717, 1.165) is 130 Å². The number of nitrogens with zero attached hydrogens (tertiary/aromatic N) is 23. The van der Waals surface area contributed by atoms with Crippen molar-refractivity contribution in [3.8, 4) is 113 Å². The van der Waals surface area contributed by atoms with Crippen LogP contribution in [0.15, 0.2) is 287 Å². The number of nitrogens with two attached hydrogens (primary N) is 4. The Bertz CT molecular complexity index is 8250. The third-order valence-corrected chi connectivity index (χ3v) is 22.6. The quantitative estimate of drug-likeness (QED) is 0.0445. The molecule has 0 aliphatic carbocycles. The summed E-state index contributed by atoms with van der Waals surface area (Å²) in [4.78, 5) is 67.8. The Hall–Kier alpha value is -18.4. The molecule has 22 aromatic rings. The zero-order chi connectivity index (χ0) is 92.4. The van der Waals surface area contributed by atoms with Crippen molar-refractivity contribution in [3.05, 3.63) is 343 Å². The van der Waals surface area contributed by atoms with Gasteiger partial charge in [-0.15, -0.1) is 0 Å². The number of para-hydroxylation sites is 4. The zero-order valence-corrected chi connectivity index (χ0v) is 72.1. The number of halogens is 2. The third-order valence-electron chi connectivity index (χ3n) is 22.6. The summed E-state index contributed by atoms with van der Waals surface area (Å²) in [5.41, 5.74) is 49.0. The summed E-state index contributed by atoms with van der Waals surface area (Å²) in [5, 5.41) is 61.1. The van der Waals surface area contributed by atoms with Gasteiger partial charge in [-0.25, -0.2) is 87.3 Å². The molecule has 0 atom stereocenters. The number of fused-ring (bicyclic) bond motifs is 6. The average Bonchev–Trinajstić information content (AvgIpc) is 1.62. The average molecular weight is 1770 g/mol. The normalized spacial score (nSPS) is 11.3. The number of pyridine rings is 1. The summed E-state index contributed by atoms with van der Waals surface area (Å²) >= 11 is 0. The minimum absolute atomic E-state index is 0.142. The fourth-order valence-corrected chi connectivity index (χ4v) is 16.3. The van der Waals surface area contributed by atoms with E-state index in [-0.39, 0.29) is 41.2 Å². The molecule has 0 aliphatic heterocycles. The van der Waals surface area contributed by atoms with E-state index in [1.165, 1.54) is 49.6 Å². The van der Waals surface area contributed by atoms with Gasteiger partial charge in [0, 0.05) is 75.2 Å². The standard InChI is InChI=1S/C27H20FN7O.C27H21N7O.C24H19FN6O.C23H19N7O/c1-15-6-2-3-7-19(15)25-22(32-20-8-4-5-9-21(20)33-25)13-35-27-23(26(29)30-14-31-27)24(34-35)16-10-17(28)12-18(36)11-16;1-16-7-2-3-10-19(16)25-22(31-20-11-4-5-12-21(20)32-25)14-34-27-23(26(28)29-15-30-27)24(33-34)17-8-6-9-18(35)13-17;1-14-5-2-3-7-19(14)21-15(6-4-8-27-21)12-31-24-20(23(26)28-13-29-24)22(30-31)16-9-17(25)11-18(32)10-16;1-14-5-2-3-8-17(14)21-18(25-9-10-26-21)12-30-23-19(22(24)27-13-28-23)20(29-30)15-6-4-7-16(31)11-15/h2-12,14,36H,13H2,1H3,(H2,29,30,31);2-13,15,35H,14H2,1H3,(H2,28,29,30);2-11,13,32H,12H2,1H3,(H2,26,28,29);2-11,13,31H,12H2,1H3,(H2,24,27,28). The maximum Gasteiger partial charge on any atom is 0.164 e. The summed E-state index contributed by atoms with van der Waals surface area (Å²) in [6.07, 6.45) is 10.7. The summed E-state index contributed by atoms with van der Waals surface area (Å²) in [5.74, 6) is -0.223. The first-order chi connectivity index (χ1) is 65.2. The predicted molar refractivity (Wildman–Crippen MR) is 510 cm³/mol. The van der Waals surface area contributed by atoms with E-state index in [1.54, 1.807) is 73.7 Å². The van der Waals surface area contributed by atoms with Gasteiger partial charge in [0.25, 0.3) is 0 Å². The SMILES string of the molecule is Cc1ccccc1-c1nc2ccccc2nc1Cn1nc(-c2cc(O)cc(F)c2)c2c(N)ncnc21.Cc1ccccc1-c1nc2ccccc2nc1Cn1nc(-c2cccc(O)c2)c2c(N)ncnc21.Cc1ccccc1-c1ncccc1Cn1nc(-c2cc(O)cc(F)c2)c2c(N)ncnc21.Cc1ccccc1-c1nccnc1Cn1nc(-c2cccc(O)c2)c2c(N)ncnc21. The first-order valence-electron chi connectivity index (χ1n) is 42.1. The topological polar surface area (TPSA) is 450 Å². The van der Waals surface area contributed by atoms with Crippen molar-refractivity contribution < 1.29 is 29.2 Å². The van der Waals surface area contributed by atoms with Crippen molar-refractivity contribution in [1.29, 1.82) is 0 Å². The molecule has 0 bridgehead atoms. The lowest BCUT2D eigenvalue weighted by molar-refractivity contribution is 0.468. The fraction of sp³-hybridized carbons (Fsp3) is 0.0792. The predicted octanol–water partition coefficient (Wildman–Crippen LogP) is 17.6. The van der Waals surface area contributed by atoms with Gasteiger partial charge in [0.05, 0.1) is 110 Å². The maximum absolute atomic E-state index is 14.1. The van der Waals surface area contributed by atoms with Crippen LogP contribution in [0, 0.1) is 39.3 Å². The van der Waals surface area contributed by atoms with Gasteiger partial charge in [-0.2, -0.15) is 20.4 Å². The summed E-state index contributed by atoms with van der Waals surface area (Å²) in [6.45, 7) is 9.46. The molecule has 0 fully saturated rings. The molecular formula is C101H79F2N27O4. The van der Waals surface area contributed by atoms with Crippen molar-refractivity contribution in [2.75, 3.05) is 22.9 Å². The van der Waals surface area contributed by atoms with Crippen LogP contribution < -0.4 is 22.9 Å². The number of aromatic hydroxyl groups is 4. The molecule has 0 spiro atoms. The number of nitrogen functional groups attached to an aromatic ring is 4. The molecule has 12 heterocycles. The molecule has 0 saturated heterocycles. The van der Waals surface area contributed by atoms with Crippen LogP contribution >= 0.6 is 0 Å². The van der Waals surface area contributed by atoms with Crippen LogP contribution in [0.4, 0.5) is 32.1 Å². The van der Waals surface area contributed by atoms with Gasteiger partial charge in [0.2, 0.25) is 0 Å². The number of aromatic nitrogens is 23. The monoisotopic (exact) mass is 1770 g/mol. The van der Waals surface area contributed by atoms with Gasteiger partial charge in [0.1, 0.15) is 106 Å². The van der Waals surface area contributed by atoms with Crippen molar-refractivity contribution in [1.82, 2.24) is 114 Å². The Balaban J connectivity index is 0.000000115. The van der Waals surface area contributed by atoms with Crippen LogP contribution in [0.25, 0.3) is 156 Å². The lowest BCUT2D eigenvalue weighted by Gasteiger charge is -2.12. The lowest BCUT2D eigenvalue weighted by Crippen LogP contribution is -2.08. The zero-order valence-electron chi connectivity index (χ0n) is 72.1. The Morgan fingerprint density at radius 2 is 0.582 bits per heavy atom. The highest BCUT2D eigenvalue weighted by molar-refractivity contribution is 6.02. The minimum atomic E-state index is -0.592. The number of phenols is 4. The van der Waals surface area contributed by atoms with E-state index < -0.39 is 11.6 Å². The number of anilines is 4. The molecule has 22 rings (SSSR count).